The minimum Gasteiger partial charge on any atom is -0.462 e. The molecule has 0 saturated carbocycles. The standard InChI is InChI=1S/C45H83NO7.CH4/c1-7-9-11-25-32-42(51-40(3)47)34-27-21-17-13-15-19-23-29-36-44(53-45(49)50-39-31-38-46(5)6)37-30-24-20-16-14-18-22-28-35-43(52-41(4)48)33-26-12-10-8-2;/h21-22,27-28,42-44H,7-20,23-26,29-39H2,1-6H3;1H4/b27-21-,28-22-;/t42-,43-;/m1./s1. The first kappa shape index (κ1) is 53.8. The molecular formula is C46H87NO7. The number of allylic oxidation sites excluding steroid dienone is 2. The summed E-state index contributed by atoms with van der Waals surface area (Å²) in [6.07, 6.45) is 37.4. The summed E-state index contributed by atoms with van der Waals surface area (Å²) >= 11 is 0. The molecule has 0 saturated heterocycles. The molecule has 8 nitrogen and oxygen atoms in total. The van der Waals surface area contributed by atoms with Gasteiger partial charge in [-0.05, 0) is 97.6 Å². The van der Waals surface area contributed by atoms with Gasteiger partial charge in [-0.2, -0.15) is 0 Å². The highest BCUT2D eigenvalue weighted by molar-refractivity contribution is 5.66. The predicted molar refractivity (Wildman–Crippen MR) is 227 cm³/mol. The Morgan fingerprint density at radius 3 is 1.30 bits per heavy atom. The van der Waals surface area contributed by atoms with Crippen molar-refractivity contribution < 1.29 is 33.3 Å². The van der Waals surface area contributed by atoms with Gasteiger partial charge in [0.2, 0.25) is 0 Å². The molecule has 0 heterocycles. The largest absolute Gasteiger partial charge is 0.508 e. The Morgan fingerprint density at radius 1 is 0.500 bits per heavy atom. The van der Waals surface area contributed by atoms with Crippen LogP contribution in [0.2, 0.25) is 0 Å². The highest BCUT2D eigenvalue weighted by Crippen LogP contribution is 2.19. The first-order valence-electron chi connectivity index (χ1n) is 21.8. The zero-order chi connectivity index (χ0) is 39.2. The maximum Gasteiger partial charge on any atom is 0.508 e. The van der Waals surface area contributed by atoms with E-state index < -0.39 is 6.16 Å². The van der Waals surface area contributed by atoms with Crippen LogP contribution in [0.5, 0.6) is 0 Å². The summed E-state index contributed by atoms with van der Waals surface area (Å²) in [5.41, 5.74) is 0. The molecule has 0 radical (unpaired) electrons. The van der Waals surface area contributed by atoms with Crippen LogP contribution in [-0.4, -0.2) is 68.6 Å². The normalized spacial score (nSPS) is 12.7. The van der Waals surface area contributed by atoms with Crippen LogP contribution < -0.4 is 0 Å². The number of unbranched alkanes of at least 4 members (excludes halogenated alkanes) is 16. The quantitative estimate of drug-likeness (QED) is 0.0267. The summed E-state index contributed by atoms with van der Waals surface area (Å²) in [5.74, 6) is -0.369. The van der Waals surface area contributed by atoms with Crippen LogP contribution in [-0.2, 0) is 28.5 Å². The van der Waals surface area contributed by atoms with Gasteiger partial charge in [-0.1, -0.05) is 123 Å². The zero-order valence-corrected chi connectivity index (χ0v) is 35.4. The third kappa shape index (κ3) is 39.3. The monoisotopic (exact) mass is 766 g/mol. The predicted octanol–water partition coefficient (Wildman–Crippen LogP) is 13.3. The van der Waals surface area contributed by atoms with Crippen molar-refractivity contribution >= 4 is 18.1 Å². The fourth-order valence-electron chi connectivity index (χ4n) is 6.55. The maximum atomic E-state index is 12.4. The number of rotatable bonds is 37. The Morgan fingerprint density at radius 2 is 0.889 bits per heavy atom. The lowest BCUT2D eigenvalue weighted by molar-refractivity contribution is -0.147. The summed E-state index contributed by atoms with van der Waals surface area (Å²) in [6, 6.07) is 0. The first-order valence-corrected chi connectivity index (χ1v) is 21.8. The molecule has 0 aromatic carbocycles. The van der Waals surface area contributed by atoms with E-state index in [0.717, 1.165) is 116 Å². The molecule has 0 unspecified atom stereocenters. The minimum atomic E-state index is -0.527. The molecule has 8 heteroatoms. The van der Waals surface area contributed by atoms with Crippen LogP contribution in [0, 0.1) is 0 Å². The molecule has 0 fully saturated rings. The SMILES string of the molecule is C.CCCCCC[C@H](C/C=C\CCCCCCCC(CCCCCCC/C=C\C[C@@H](CCCCCC)OC(C)=O)OC(=O)OCCCN(C)C)OC(C)=O. The number of carbonyl (C=O) groups is 3. The Kier molecular flexibility index (Phi) is 40.1. The Balaban J connectivity index is 0. The van der Waals surface area contributed by atoms with E-state index >= 15 is 0 Å². The van der Waals surface area contributed by atoms with Crippen LogP contribution in [0.25, 0.3) is 0 Å². The van der Waals surface area contributed by atoms with Crippen molar-refractivity contribution in [2.75, 3.05) is 27.2 Å². The lowest BCUT2D eigenvalue weighted by atomic mass is 10.0. The van der Waals surface area contributed by atoms with Crippen molar-refractivity contribution in [3.63, 3.8) is 0 Å². The van der Waals surface area contributed by atoms with Gasteiger partial charge in [-0.15, -0.1) is 0 Å². The number of carbonyl (C=O) groups excluding carboxylic acids is 3. The Labute approximate surface area is 333 Å². The van der Waals surface area contributed by atoms with E-state index in [1.54, 1.807) is 0 Å². The van der Waals surface area contributed by atoms with Gasteiger partial charge in [-0.3, -0.25) is 9.59 Å². The first-order chi connectivity index (χ1) is 25.7. The lowest BCUT2D eigenvalue weighted by Gasteiger charge is -2.18. The summed E-state index contributed by atoms with van der Waals surface area (Å²) in [5, 5.41) is 0. The van der Waals surface area contributed by atoms with Gasteiger partial charge in [0.15, 0.2) is 0 Å². The molecule has 2 atom stereocenters. The van der Waals surface area contributed by atoms with Gasteiger partial charge in [-0.25, -0.2) is 4.79 Å². The van der Waals surface area contributed by atoms with Gasteiger partial charge in [0.1, 0.15) is 18.3 Å². The molecule has 54 heavy (non-hydrogen) atoms. The lowest BCUT2D eigenvalue weighted by Crippen LogP contribution is -2.21. The van der Waals surface area contributed by atoms with E-state index in [9.17, 15) is 14.4 Å². The van der Waals surface area contributed by atoms with E-state index in [4.69, 9.17) is 18.9 Å². The second-order valence-corrected chi connectivity index (χ2v) is 15.3. The van der Waals surface area contributed by atoms with Crippen molar-refractivity contribution in [3.05, 3.63) is 24.3 Å². The van der Waals surface area contributed by atoms with Crippen LogP contribution in [0.3, 0.4) is 0 Å². The van der Waals surface area contributed by atoms with Crippen LogP contribution in [0.4, 0.5) is 4.79 Å². The highest BCUT2D eigenvalue weighted by atomic mass is 16.7. The summed E-state index contributed by atoms with van der Waals surface area (Å²) in [7, 11) is 4.03. The molecule has 0 aliphatic carbocycles. The maximum absolute atomic E-state index is 12.4. The molecule has 0 aromatic rings. The smallest absolute Gasteiger partial charge is 0.462 e. The van der Waals surface area contributed by atoms with Gasteiger partial charge >= 0.3 is 18.1 Å². The summed E-state index contributed by atoms with van der Waals surface area (Å²) in [6.45, 7) is 8.69. The molecule has 0 bridgehead atoms. The van der Waals surface area contributed by atoms with E-state index in [-0.39, 0.29) is 37.7 Å². The van der Waals surface area contributed by atoms with Gasteiger partial charge in [0.25, 0.3) is 0 Å². The second-order valence-electron chi connectivity index (χ2n) is 15.3. The van der Waals surface area contributed by atoms with Crippen molar-refractivity contribution in [1.29, 1.82) is 0 Å². The van der Waals surface area contributed by atoms with E-state index in [2.05, 4.69) is 43.1 Å². The molecule has 318 valence electrons. The minimum absolute atomic E-state index is 0. The molecule has 0 spiro atoms. The molecule has 0 amide bonds. The Bertz CT molecular complexity index is 861. The third-order valence-electron chi connectivity index (χ3n) is 9.58. The van der Waals surface area contributed by atoms with Crippen molar-refractivity contribution in [2.24, 2.45) is 0 Å². The average molecular weight is 766 g/mol. The van der Waals surface area contributed by atoms with Crippen LogP contribution >= 0.6 is 0 Å². The highest BCUT2D eigenvalue weighted by Gasteiger charge is 2.16. The number of esters is 2. The summed E-state index contributed by atoms with van der Waals surface area (Å²) < 4.78 is 22.2. The second kappa shape index (κ2) is 40.3. The van der Waals surface area contributed by atoms with Gasteiger partial charge in [0.05, 0.1) is 6.61 Å². The summed E-state index contributed by atoms with van der Waals surface area (Å²) in [4.78, 5) is 37.5. The van der Waals surface area contributed by atoms with Gasteiger partial charge < -0.3 is 23.8 Å². The zero-order valence-electron chi connectivity index (χ0n) is 35.4. The number of hydrogen-bond acceptors (Lipinski definition) is 8. The molecule has 0 N–H and O–H groups in total. The number of ether oxygens (including phenoxy) is 4. The fraction of sp³-hybridized carbons (Fsp3) is 0.848. The van der Waals surface area contributed by atoms with Crippen LogP contribution in [0.15, 0.2) is 24.3 Å². The third-order valence-corrected chi connectivity index (χ3v) is 9.58. The van der Waals surface area contributed by atoms with E-state index in [0.29, 0.717) is 6.61 Å². The van der Waals surface area contributed by atoms with Crippen molar-refractivity contribution in [2.45, 2.75) is 227 Å². The topological polar surface area (TPSA) is 91.4 Å². The molecule has 0 rings (SSSR count). The molecule has 0 aliphatic heterocycles. The molecule has 0 aliphatic rings. The molecule has 0 aromatic heterocycles. The van der Waals surface area contributed by atoms with Crippen molar-refractivity contribution in [1.82, 2.24) is 4.90 Å². The van der Waals surface area contributed by atoms with E-state index in [1.807, 2.05) is 14.1 Å². The van der Waals surface area contributed by atoms with Crippen molar-refractivity contribution in [3.8, 4) is 0 Å². The average Bonchev–Trinajstić information content (AvgIpc) is 3.10. The Hall–Kier alpha value is -2.35. The fourth-order valence-corrected chi connectivity index (χ4v) is 6.55. The van der Waals surface area contributed by atoms with E-state index in [1.165, 1.54) is 78.1 Å². The molecular weight excluding hydrogens is 679 g/mol. The van der Waals surface area contributed by atoms with Gasteiger partial charge in [0, 0.05) is 33.2 Å². The number of nitrogens with zero attached hydrogens (tertiary/aromatic N) is 1. The van der Waals surface area contributed by atoms with Crippen LogP contribution in [0.1, 0.15) is 208 Å². The number of hydrogen-bond donors (Lipinski definition) is 0.